The summed E-state index contributed by atoms with van der Waals surface area (Å²) in [6.07, 6.45) is 8.38. The van der Waals surface area contributed by atoms with Gasteiger partial charge in [-0.15, -0.1) is 0 Å². The number of hydrogen-bond acceptors (Lipinski definition) is 2. The molecule has 0 aliphatic heterocycles. The third kappa shape index (κ3) is 5.85. The van der Waals surface area contributed by atoms with Crippen LogP contribution in [0.1, 0.15) is 22.5 Å². The Balaban J connectivity index is 0.887. The maximum absolute atomic E-state index is 4.92. The Bertz CT molecular complexity index is 2550. The molecule has 0 aliphatic carbocycles. The van der Waals surface area contributed by atoms with E-state index in [0.717, 1.165) is 44.3 Å². The van der Waals surface area contributed by atoms with Crippen LogP contribution in [0.2, 0.25) is 0 Å². The maximum atomic E-state index is 4.92. The van der Waals surface area contributed by atoms with Crippen molar-refractivity contribution in [2.45, 2.75) is 0 Å². The monoisotopic (exact) mass is 636 g/mol. The molecule has 2 heteroatoms. The molecular formula is C48H32N2. The molecule has 50 heavy (non-hydrogen) atoms. The molecule has 0 spiro atoms. The molecule has 2 heterocycles. The van der Waals surface area contributed by atoms with Gasteiger partial charge in [-0.1, -0.05) is 146 Å². The van der Waals surface area contributed by atoms with Crippen LogP contribution in [0.4, 0.5) is 0 Å². The van der Waals surface area contributed by atoms with E-state index in [9.17, 15) is 0 Å². The summed E-state index contributed by atoms with van der Waals surface area (Å²) in [7, 11) is 0. The predicted octanol–water partition coefficient (Wildman–Crippen LogP) is 12.8. The van der Waals surface area contributed by atoms with Crippen LogP contribution in [0.25, 0.3) is 89.9 Å². The van der Waals surface area contributed by atoms with Crippen LogP contribution in [0.3, 0.4) is 0 Å². The summed E-state index contributed by atoms with van der Waals surface area (Å²) in [5, 5.41) is 7.30. The third-order valence-electron chi connectivity index (χ3n) is 9.45. The molecule has 0 bridgehead atoms. The number of benzene rings is 7. The van der Waals surface area contributed by atoms with E-state index in [-0.39, 0.29) is 0 Å². The lowest BCUT2D eigenvalue weighted by atomic mass is 9.97. The highest BCUT2D eigenvalue weighted by molar-refractivity contribution is 6.00. The summed E-state index contributed by atoms with van der Waals surface area (Å²) in [6.45, 7) is 0. The first-order chi connectivity index (χ1) is 24.7. The highest BCUT2D eigenvalue weighted by atomic mass is 14.7. The van der Waals surface area contributed by atoms with Crippen LogP contribution < -0.4 is 0 Å². The molecule has 9 aromatic rings. The normalized spacial score (nSPS) is 11.8. The van der Waals surface area contributed by atoms with Crippen molar-refractivity contribution in [3.05, 3.63) is 192 Å². The number of nitrogens with zero attached hydrogens (tertiary/aromatic N) is 2. The third-order valence-corrected chi connectivity index (χ3v) is 9.45. The van der Waals surface area contributed by atoms with Gasteiger partial charge in [-0.25, -0.2) is 9.97 Å². The highest BCUT2D eigenvalue weighted by Gasteiger charge is 2.07. The first-order valence-corrected chi connectivity index (χ1v) is 17.0. The maximum Gasteiger partial charge on any atom is 0.0709 e. The summed E-state index contributed by atoms with van der Waals surface area (Å²) >= 11 is 0. The van der Waals surface area contributed by atoms with Crippen molar-refractivity contribution < 1.29 is 0 Å². The molecule has 0 unspecified atom stereocenters. The molecule has 9 rings (SSSR count). The smallest absolute Gasteiger partial charge is 0.0709 e. The Morgan fingerprint density at radius 1 is 0.320 bits per heavy atom. The van der Waals surface area contributed by atoms with Crippen LogP contribution in [-0.2, 0) is 0 Å². The van der Waals surface area contributed by atoms with Crippen molar-refractivity contribution in [2.75, 3.05) is 0 Å². The molecule has 7 aromatic carbocycles. The van der Waals surface area contributed by atoms with Gasteiger partial charge < -0.3 is 0 Å². The number of aromatic nitrogens is 2. The summed E-state index contributed by atoms with van der Waals surface area (Å²) in [4.78, 5) is 9.83. The van der Waals surface area contributed by atoms with E-state index in [1.807, 2.05) is 0 Å². The Kier molecular flexibility index (Phi) is 7.53. The standard InChI is InChI=1S/C48H32N2/c1-3-11-43-35(7-1)9-5-13-45(43)37-23-29-47-39(31-37)21-27-41(49-47)25-19-33-15-17-34(18-16-33)20-26-42-28-22-40-32-38(24-30-48(40)50-42)46-14-6-10-36-8-2-4-12-44(36)46/h1-32H/b25-19+,26-20+. The topological polar surface area (TPSA) is 25.8 Å². The molecule has 0 saturated carbocycles. The van der Waals surface area contributed by atoms with Gasteiger partial charge in [0.15, 0.2) is 0 Å². The summed E-state index contributed by atoms with van der Waals surface area (Å²) < 4.78 is 0. The van der Waals surface area contributed by atoms with Gasteiger partial charge in [0.2, 0.25) is 0 Å². The molecule has 234 valence electrons. The Hall–Kier alpha value is -6.64. The van der Waals surface area contributed by atoms with E-state index in [4.69, 9.17) is 9.97 Å². The van der Waals surface area contributed by atoms with Crippen molar-refractivity contribution in [2.24, 2.45) is 0 Å². The number of fused-ring (bicyclic) bond motifs is 4. The van der Waals surface area contributed by atoms with Crippen molar-refractivity contribution >= 4 is 67.7 Å². The zero-order valence-corrected chi connectivity index (χ0v) is 27.4. The van der Waals surface area contributed by atoms with E-state index in [1.54, 1.807) is 0 Å². The molecular weight excluding hydrogens is 605 g/mol. The first-order valence-electron chi connectivity index (χ1n) is 17.0. The fourth-order valence-electron chi connectivity index (χ4n) is 6.84. The molecule has 0 N–H and O–H groups in total. The number of hydrogen-bond donors (Lipinski definition) is 0. The van der Waals surface area contributed by atoms with Crippen molar-refractivity contribution in [1.29, 1.82) is 0 Å². The van der Waals surface area contributed by atoms with Gasteiger partial charge >= 0.3 is 0 Å². The molecule has 0 radical (unpaired) electrons. The lowest BCUT2D eigenvalue weighted by molar-refractivity contribution is 1.37. The fourth-order valence-corrected chi connectivity index (χ4v) is 6.84. The summed E-state index contributed by atoms with van der Waals surface area (Å²) in [5.41, 5.74) is 11.0. The lowest BCUT2D eigenvalue weighted by Crippen LogP contribution is -1.86. The zero-order chi connectivity index (χ0) is 33.3. The van der Waals surface area contributed by atoms with Gasteiger partial charge in [-0.3, -0.25) is 0 Å². The van der Waals surface area contributed by atoms with E-state index in [2.05, 4.69) is 194 Å². The minimum absolute atomic E-state index is 0.936. The average Bonchev–Trinajstić information content (AvgIpc) is 3.18. The van der Waals surface area contributed by atoms with Gasteiger partial charge in [0.05, 0.1) is 22.4 Å². The first kappa shape index (κ1) is 29.5. The minimum Gasteiger partial charge on any atom is -0.248 e. The molecule has 0 amide bonds. The largest absolute Gasteiger partial charge is 0.248 e. The van der Waals surface area contributed by atoms with Gasteiger partial charge in [0.1, 0.15) is 0 Å². The lowest BCUT2D eigenvalue weighted by Gasteiger charge is -2.08. The fraction of sp³-hybridized carbons (Fsp3) is 0. The van der Waals surface area contributed by atoms with E-state index in [0.29, 0.717) is 0 Å². The second kappa shape index (κ2) is 12.8. The SMILES string of the molecule is C(=C\c1ccc2cc(-c3cccc4ccccc34)ccc2n1)/c1ccc(/C=C/c2ccc3cc(-c4cccc5ccccc45)ccc3n2)cc1. The Morgan fingerprint density at radius 3 is 1.24 bits per heavy atom. The zero-order valence-electron chi connectivity index (χ0n) is 27.4. The van der Waals surface area contributed by atoms with Crippen LogP contribution >= 0.6 is 0 Å². The second-order valence-corrected chi connectivity index (χ2v) is 12.7. The molecule has 0 aliphatic rings. The quantitative estimate of drug-likeness (QED) is 0.181. The van der Waals surface area contributed by atoms with Crippen molar-refractivity contribution in [1.82, 2.24) is 9.97 Å². The van der Waals surface area contributed by atoms with Crippen LogP contribution in [-0.4, -0.2) is 9.97 Å². The van der Waals surface area contributed by atoms with Crippen LogP contribution in [0.5, 0.6) is 0 Å². The number of pyridine rings is 2. The number of rotatable bonds is 6. The Morgan fingerprint density at radius 2 is 0.760 bits per heavy atom. The van der Waals surface area contributed by atoms with Gasteiger partial charge in [-0.2, -0.15) is 0 Å². The van der Waals surface area contributed by atoms with Gasteiger partial charge in [-0.05, 0) is 103 Å². The van der Waals surface area contributed by atoms with E-state index >= 15 is 0 Å². The predicted molar refractivity (Wildman–Crippen MR) is 214 cm³/mol. The van der Waals surface area contributed by atoms with E-state index < -0.39 is 0 Å². The van der Waals surface area contributed by atoms with Crippen molar-refractivity contribution in [3.63, 3.8) is 0 Å². The molecule has 0 fully saturated rings. The van der Waals surface area contributed by atoms with Gasteiger partial charge in [0, 0.05) is 10.8 Å². The van der Waals surface area contributed by atoms with Crippen LogP contribution in [0.15, 0.2) is 170 Å². The highest BCUT2D eigenvalue weighted by Crippen LogP contribution is 2.32. The van der Waals surface area contributed by atoms with E-state index in [1.165, 1.54) is 43.8 Å². The molecule has 0 atom stereocenters. The van der Waals surface area contributed by atoms with Crippen LogP contribution in [0, 0.1) is 0 Å². The van der Waals surface area contributed by atoms with Crippen molar-refractivity contribution in [3.8, 4) is 22.3 Å². The summed E-state index contributed by atoms with van der Waals surface area (Å²) in [6, 6.07) is 60.1. The average molecular weight is 637 g/mol. The van der Waals surface area contributed by atoms with Gasteiger partial charge in [0.25, 0.3) is 0 Å². The molecule has 2 nitrogen and oxygen atoms in total. The molecule has 2 aromatic heterocycles. The Labute approximate surface area is 291 Å². The minimum atomic E-state index is 0.936. The second-order valence-electron chi connectivity index (χ2n) is 12.7. The summed E-state index contributed by atoms with van der Waals surface area (Å²) in [5.74, 6) is 0. The molecule has 0 saturated heterocycles.